The summed E-state index contributed by atoms with van der Waals surface area (Å²) in [5.74, 6) is 0.755. The number of fused-ring (bicyclic) bond motifs is 2. The lowest BCUT2D eigenvalue weighted by Gasteiger charge is -2.18. The van der Waals surface area contributed by atoms with Gasteiger partial charge in [0.1, 0.15) is 12.4 Å². The van der Waals surface area contributed by atoms with Crippen molar-refractivity contribution < 1.29 is 4.42 Å². The van der Waals surface area contributed by atoms with E-state index in [1.807, 2.05) is 18.3 Å². The maximum absolute atomic E-state index is 5.94. The van der Waals surface area contributed by atoms with Crippen molar-refractivity contribution in [1.29, 1.82) is 0 Å². The highest BCUT2D eigenvalue weighted by Crippen LogP contribution is 2.32. The van der Waals surface area contributed by atoms with Gasteiger partial charge in [-0.05, 0) is 29.8 Å². The molecule has 1 aliphatic heterocycles. The molecule has 2 aliphatic rings. The van der Waals surface area contributed by atoms with Crippen molar-refractivity contribution >= 4 is 22.7 Å². The highest BCUT2D eigenvalue weighted by Gasteiger charge is 2.23. The minimum absolute atomic E-state index is 0.497. The number of imidazole rings is 1. The molecule has 1 aliphatic carbocycles. The topological polar surface area (TPSA) is 105 Å². The van der Waals surface area contributed by atoms with Crippen molar-refractivity contribution in [2.24, 2.45) is 4.99 Å². The fraction of sp³-hybridized carbons (Fsp3) is 0.0800. The van der Waals surface area contributed by atoms with Crippen molar-refractivity contribution in [3.8, 4) is 11.1 Å². The Bertz CT molecular complexity index is 1410. The Morgan fingerprint density at radius 2 is 2.00 bits per heavy atom. The van der Waals surface area contributed by atoms with Gasteiger partial charge in [0.15, 0.2) is 5.82 Å². The number of aromatic amines is 1. The molecule has 0 saturated heterocycles. The zero-order valence-electron chi connectivity index (χ0n) is 17.2. The van der Waals surface area contributed by atoms with Crippen LogP contribution in [0.2, 0.25) is 0 Å². The van der Waals surface area contributed by atoms with Crippen LogP contribution in [0.4, 0.5) is 11.4 Å². The van der Waals surface area contributed by atoms with E-state index in [0.717, 1.165) is 62.9 Å². The molecule has 0 fully saturated rings. The van der Waals surface area contributed by atoms with Crippen LogP contribution in [0.3, 0.4) is 0 Å². The third-order valence-corrected chi connectivity index (χ3v) is 5.69. The zero-order valence-corrected chi connectivity index (χ0v) is 17.2. The number of H-pyrrole nitrogens is 1. The fourth-order valence-corrected chi connectivity index (χ4v) is 4.15. The largest absolute Gasteiger partial charge is 0.472 e. The number of hydrogen-bond acceptors (Lipinski definition) is 6. The molecule has 4 N–H and O–H groups in total. The predicted molar refractivity (Wildman–Crippen MR) is 125 cm³/mol. The van der Waals surface area contributed by atoms with E-state index < -0.39 is 0 Å². The molecule has 0 saturated carbocycles. The molecule has 0 radical (unpaired) electrons. The third-order valence-electron chi connectivity index (χ3n) is 5.69. The summed E-state index contributed by atoms with van der Waals surface area (Å²) in [6, 6.07) is 10.1. The lowest BCUT2D eigenvalue weighted by molar-refractivity contribution is 0.566. The Morgan fingerprint density at radius 3 is 2.88 bits per heavy atom. The molecule has 3 aromatic heterocycles. The molecule has 32 heavy (non-hydrogen) atoms. The quantitative estimate of drug-likeness (QED) is 0.455. The van der Waals surface area contributed by atoms with E-state index in [-0.39, 0.29) is 0 Å². The summed E-state index contributed by atoms with van der Waals surface area (Å²) < 4.78 is 5.31. The summed E-state index contributed by atoms with van der Waals surface area (Å²) >= 11 is 0. The lowest BCUT2D eigenvalue weighted by atomic mass is 9.99. The van der Waals surface area contributed by atoms with E-state index in [1.54, 1.807) is 18.7 Å². The van der Waals surface area contributed by atoms with Crippen LogP contribution in [0.1, 0.15) is 28.3 Å². The maximum Gasteiger partial charge on any atom is 0.157 e. The number of nitrogens with one attached hydrogen (secondary N) is 2. The van der Waals surface area contributed by atoms with Crippen molar-refractivity contribution in [2.75, 3.05) is 17.7 Å². The van der Waals surface area contributed by atoms with E-state index in [1.165, 1.54) is 0 Å². The number of aliphatic imine (C=N–C) groups is 1. The molecule has 6 rings (SSSR count). The van der Waals surface area contributed by atoms with Crippen LogP contribution in [-0.4, -0.2) is 27.3 Å². The molecule has 7 nitrogen and oxygen atoms in total. The molecule has 4 aromatic rings. The molecule has 1 aromatic carbocycles. The van der Waals surface area contributed by atoms with Crippen molar-refractivity contribution in [1.82, 2.24) is 15.0 Å². The molecule has 0 unspecified atom stereocenters. The number of hydrogen-bond donors (Lipinski definition) is 3. The number of nitrogen functional groups attached to an aromatic ring is 1. The van der Waals surface area contributed by atoms with Gasteiger partial charge in [-0.1, -0.05) is 24.3 Å². The Morgan fingerprint density at radius 1 is 1.03 bits per heavy atom. The average molecular weight is 420 g/mol. The van der Waals surface area contributed by atoms with Crippen LogP contribution in [0, 0.1) is 0 Å². The van der Waals surface area contributed by atoms with Crippen molar-refractivity contribution in [3.05, 3.63) is 102 Å². The number of aromatic nitrogens is 3. The first-order valence-corrected chi connectivity index (χ1v) is 10.4. The number of benzene rings is 1. The molecule has 0 bridgehead atoms. The Hall–Kier alpha value is -4.39. The highest BCUT2D eigenvalue weighted by molar-refractivity contribution is 6.15. The molecule has 0 amide bonds. The lowest BCUT2D eigenvalue weighted by Crippen LogP contribution is -2.18. The second-order valence-corrected chi connectivity index (χ2v) is 7.75. The van der Waals surface area contributed by atoms with Crippen LogP contribution >= 0.6 is 0 Å². The van der Waals surface area contributed by atoms with Gasteiger partial charge in [-0.15, -0.1) is 0 Å². The van der Waals surface area contributed by atoms with Gasteiger partial charge in [0.25, 0.3) is 0 Å². The maximum atomic E-state index is 5.94. The first-order chi connectivity index (χ1) is 15.8. The third kappa shape index (κ3) is 3.11. The number of furan rings is 1. The summed E-state index contributed by atoms with van der Waals surface area (Å²) in [5, 5.41) is 3.35. The molecule has 0 atom stereocenters. The summed E-state index contributed by atoms with van der Waals surface area (Å²) in [5.41, 5.74) is 15.4. The molecular weight excluding hydrogens is 400 g/mol. The van der Waals surface area contributed by atoms with Gasteiger partial charge in [-0.25, -0.2) is 4.98 Å². The van der Waals surface area contributed by atoms with Crippen LogP contribution in [0.25, 0.3) is 16.7 Å². The van der Waals surface area contributed by atoms with Crippen LogP contribution in [0.15, 0.2) is 82.9 Å². The Kier molecular flexibility index (Phi) is 4.24. The number of anilines is 2. The van der Waals surface area contributed by atoms with E-state index in [0.29, 0.717) is 12.4 Å². The van der Waals surface area contributed by atoms with Gasteiger partial charge in [-0.2, -0.15) is 0 Å². The minimum atomic E-state index is 0.497. The van der Waals surface area contributed by atoms with Crippen molar-refractivity contribution in [2.45, 2.75) is 6.42 Å². The molecule has 4 heterocycles. The first kappa shape index (κ1) is 18.4. The average Bonchev–Trinajstić information content (AvgIpc) is 3.46. The molecular formula is C25H20N6O. The highest BCUT2D eigenvalue weighted by atomic mass is 16.3. The monoisotopic (exact) mass is 420 g/mol. The van der Waals surface area contributed by atoms with Crippen molar-refractivity contribution in [3.63, 3.8) is 0 Å². The fourth-order valence-electron chi connectivity index (χ4n) is 4.15. The smallest absolute Gasteiger partial charge is 0.157 e. The molecule has 7 heteroatoms. The SMILES string of the molecule is Nc1cncc(-c2ccc3c(c2)C(c2nc4c([nH]2)CC=CC=C4c2ccoc2)=NCN3)c1. The number of nitrogens with two attached hydrogens (primary N) is 1. The molecule has 156 valence electrons. The normalized spacial score (nSPS) is 14.6. The summed E-state index contributed by atoms with van der Waals surface area (Å²) in [4.78, 5) is 17.5. The number of allylic oxidation sites excluding steroid dienone is 3. The van der Waals surface area contributed by atoms with Gasteiger partial charge >= 0.3 is 0 Å². The van der Waals surface area contributed by atoms with E-state index >= 15 is 0 Å². The van der Waals surface area contributed by atoms with Gasteiger partial charge in [-0.3, -0.25) is 9.98 Å². The van der Waals surface area contributed by atoms with Crippen LogP contribution in [-0.2, 0) is 6.42 Å². The van der Waals surface area contributed by atoms with Crippen LogP contribution < -0.4 is 11.1 Å². The number of rotatable bonds is 3. The van der Waals surface area contributed by atoms with E-state index in [4.69, 9.17) is 20.1 Å². The minimum Gasteiger partial charge on any atom is -0.472 e. The zero-order chi connectivity index (χ0) is 21.5. The van der Waals surface area contributed by atoms with Gasteiger partial charge in [0.05, 0.1) is 23.9 Å². The van der Waals surface area contributed by atoms with E-state index in [2.05, 4.69) is 51.7 Å². The predicted octanol–water partition coefficient (Wildman–Crippen LogP) is 4.41. The summed E-state index contributed by atoms with van der Waals surface area (Å²) in [7, 11) is 0. The standard InChI is InChI=1S/C25H20N6O/c26-18-9-17(11-27-12-18)15-5-6-21-20(10-15)24(29-14-28-21)25-30-22-4-2-1-3-19(23(22)31-25)16-7-8-32-13-16/h1-3,5-13,28H,4,14,26H2,(H,30,31). The van der Waals surface area contributed by atoms with Gasteiger partial charge < -0.3 is 20.5 Å². The summed E-state index contributed by atoms with van der Waals surface area (Å²) in [6.07, 6.45) is 13.9. The Balaban J connectivity index is 1.44. The summed E-state index contributed by atoms with van der Waals surface area (Å²) in [6.45, 7) is 0.497. The molecule has 0 spiro atoms. The van der Waals surface area contributed by atoms with Gasteiger partial charge in [0.2, 0.25) is 0 Å². The van der Waals surface area contributed by atoms with E-state index in [9.17, 15) is 0 Å². The second-order valence-electron chi connectivity index (χ2n) is 7.75. The second kappa shape index (κ2) is 7.39. The first-order valence-electron chi connectivity index (χ1n) is 10.4. The number of nitrogens with zero attached hydrogens (tertiary/aromatic N) is 3. The number of pyridine rings is 1. The van der Waals surface area contributed by atoms with Crippen LogP contribution in [0.5, 0.6) is 0 Å². The Labute approximate surface area is 184 Å². The van der Waals surface area contributed by atoms with Gasteiger partial charge in [0, 0.05) is 52.5 Å².